The van der Waals surface area contributed by atoms with E-state index < -0.39 is 14.8 Å². The van der Waals surface area contributed by atoms with Crippen LogP contribution in [-0.4, -0.2) is 20.2 Å². The molecule has 1 aliphatic rings. The molecular weight excluding hydrogens is 365 g/mol. The molecule has 1 rings (SSSR count). The Labute approximate surface area is 100 Å². The van der Waals surface area contributed by atoms with Gasteiger partial charge in [-0.1, -0.05) is 0 Å². The van der Waals surface area contributed by atoms with Crippen LogP contribution in [-0.2, 0) is 0 Å². The second-order valence-electron chi connectivity index (χ2n) is 3.49. The van der Waals surface area contributed by atoms with Crippen LogP contribution in [0.15, 0.2) is 0 Å². The van der Waals surface area contributed by atoms with Gasteiger partial charge in [0.2, 0.25) is 0 Å². The summed E-state index contributed by atoms with van der Waals surface area (Å²) in [5.41, 5.74) is 0. The average Bonchev–Trinajstić information content (AvgIpc) is 1.94. The molecule has 0 unspecified atom stereocenters. The summed E-state index contributed by atoms with van der Waals surface area (Å²) in [6, 6.07) is 0. The molecular formula is C8H14Cl4Te. The van der Waals surface area contributed by atoms with Gasteiger partial charge in [-0.15, -0.1) is 0 Å². The van der Waals surface area contributed by atoms with E-state index in [9.17, 15) is 0 Å². The normalized spacial score (nSPS) is 33.5. The van der Waals surface area contributed by atoms with Crippen LogP contribution in [0.2, 0.25) is 3.97 Å². The third kappa shape index (κ3) is 4.54. The molecule has 1 aliphatic carbocycles. The number of halogens is 4. The monoisotopic (exact) mass is 380 g/mol. The van der Waals surface area contributed by atoms with Crippen molar-refractivity contribution in [3.05, 3.63) is 0 Å². The quantitative estimate of drug-likeness (QED) is 0.445. The predicted octanol–water partition coefficient (Wildman–Crippen LogP) is 4.97. The Hall–Kier alpha value is 1.95. The van der Waals surface area contributed by atoms with Crippen LogP contribution in [0.3, 0.4) is 0 Å². The van der Waals surface area contributed by atoms with Crippen LogP contribution in [0.4, 0.5) is 0 Å². The molecule has 1 fully saturated rings. The van der Waals surface area contributed by atoms with Crippen molar-refractivity contribution < 1.29 is 0 Å². The first-order chi connectivity index (χ1) is 6.02. The van der Waals surface area contributed by atoms with Crippen LogP contribution >= 0.6 is 38.5 Å². The number of hydrogen-bond donors (Lipinski definition) is 0. The Balaban J connectivity index is 2.56. The van der Waals surface area contributed by atoms with Crippen LogP contribution in [0.1, 0.15) is 38.5 Å². The van der Waals surface area contributed by atoms with Crippen molar-refractivity contribution in [1.82, 2.24) is 0 Å². The van der Waals surface area contributed by atoms with E-state index in [1.165, 1.54) is 25.7 Å². The van der Waals surface area contributed by atoms with Crippen molar-refractivity contribution in [1.29, 1.82) is 0 Å². The summed E-state index contributed by atoms with van der Waals surface area (Å²) < 4.78 is 0.203. The first-order valence-electron chi connectivity index (χ1n) is 4.57. The fourth-order valence-corrected chi connectivity index (χ4v) is 11.0. The second kappa shape index (κ2) is 5.88. The maximum absolute atomic E-state index is 6.24. The molecule has 80 valence electrons. The molecule has 0 nitrogen and oxygen atoms in total. The van der Waals surface area contributed by atoms with Gasteiger partial charge in [-0.05, 0) is 0 Å². The molecule has 0 amide bonds. The molecule has 0 radical (unpaired) electrons. The van der Waals surface area contributed by atoms with Gasteiger partial charge in [0.25, 0.3) is 0 Å². The van der Waals surface area contributed by atoms with E-state index in [-0.39, 0.29) is 9.34 Å². The van der Waals surface area contributed by atoms with Gasteiger partial charge >= 0.3 is 101 Å². The van der Waals surface area contributed by atoms with Crippen LogP contribution in [0.5, 0.6) is 0 Å². The zero-order valence-corrected chi connectivity index (χ0v) is 12.7. The molecule has 1 saturated carbocycles. The first kappa shape index (κ1) is 13.0. The summed E-state index contributed by atoms with van der Waals surface area (Å²) in [6.07, 6.45) is 6.95. The van der Waals surface area contributed by atoms with E-state index in [1.807, 2.05) is 0 Å². The molecule has 0 aromatic rings. The van der Waals surface area contributed by atoms with E-state index in [0.29, 0.717) is 0 Å². The summed E-state index contributed by atoms with van der Waals surface area (Å²) in [4.78, 5) is 0. The van der Waals surface area contributed by atoms with Gasteiger partial charge in [-0.2, -0.15) is 0 Å². The van der Waals surface area contributed by atoms with E-state index in [0.717, 1.165) is 12.8 Å². The topological polar surface area (TPSA) is 0 Å². The molecule has 0 heterocycles. The van der Waals surface area contributed by atoms with Crippen molar-refractivity contribution >= 4 is 53.3 Å². The minimum atomic E-state index is -3.10. The summed E-state index contributed by atoms with van der Waals surface area (Å²) in [5, 5.41) is 0.106. The number of rotatable bonds is 1. The second-order valence-corrected chi connectivity index (χ2v) is 21.3. The Morgan fingerprint density at radius 1 is 0.846 bits per heavy atom. The molecule has 5 heteroatoms. The van der Waals surface area contributed by atoms with E-state index >= 15 is 0 Å². The van der Waals surface area contributed by atoms with E-state index in [4.69, 9.17) is 38.5 Å². The fraction of sp³-hybridized carbons (Fsp3) is 1.00. The SMILES string of the molecule is Cl[C@@H]1CCCCCC[C@H]1[Te](Cl)(Cl)Cl. The molecule has 0 bridgehead atoms. The van der Waals surface area contributed by atoms with Crippen molar-refractivity contribution in [3.8, 4) is 0 Å². The van der Waals surface area contributed by atoms with Gasteiger partial charge in [0.15, 0.2) is 0 Å². The van der Waals surface area contributed by atoms with Gasteiger partial charge in [0.05, 0.1) is 0 Å². The Morgan fingerprint density at radius 2 is 1.38 bits per heavy atom. The molecule has 0 aliphatic heterocycles. The first-order valence-corrected chi connectivity index (χ1v) is 15.2. The summed E-state index contributed by atoms with van der Waals surface area (Å²) >= 11 is 3.13. The van der Waals surface area contributed by atoms with Crippen molar-refractivity contribution in [2.45, 2.75) is 47.9 Å². The van der Waals surface area contributed by atoms with Crippen LogP contribution in [0, 0.1) is 0 Å². The average molecular weight is 380 g/mol. The maximum atomic E-state index is 6.24. The van der Waals surface area contributed by atoms with Gasteiger partial charge < -0.3 is 0 Å². The molecule has 13 heavy (non-hydrogen) atoms. The Morgan fingerprint density at radius 3 is 1.92 bits per heavy atom. The zero-order chi connectivity index (χ0) is 9.90. The number of alkyl halides is 1. The molecule has 0 spiro atoms. The van der Waals surface area contributed by atoms with Gasteiger partial charge in [-0.3, -0.25) is 0 Å². The predicted molar refractivity (Wildman–Crippen MR) is 64.4 cm³/mol. The van der Waals surface area contributed by atoms with Crippen molar-refractivity contribution in [3.63, 3.8) is 0 Å². The summed E-state index contributed by atoms with van der Waals surface area (Å²) in [6.45, 7) is 0. The van der Waals surface area contributed by atoms with Crippen LogP contribution in [0.25, 0.3) is 0 Å². The van der Waals surface area contributed by atoms with Gasteiger partial charge in [0.1, 0.15) is 0 Å². The zero-order valence-electron chi connectivity index (χ0n) is 7.32. The number of hydrogen-bond acceptors (Lipinski definition) is 0. The van der Waals surface area contributed by atoms with E-state index in [2.05, 4.69) is 0 Å². The minimum absolute atomic E-state index is 0.106. The van der Waals surface area contributed by atoms with Crippen LogP contribution < -0.4 is 0 Å². The Bertz CT molecular complexity index is 157. The van der Waals surface area contributed by atoms with E-state index in [1.54, 1.807) is 0 Å². The molecule has 0 saturated heterocycles. The standard InChI is InChI=1S/C8H14Cl4Te/c9-7-5-3-1-2-4-6-8(7)13(10,11)12/h7-8H,1-6H2/t7-,8-/m1/s1. The molecule has 0 aromatic carbocycles. The summed E-state index contributed by atoms with van der Waals surface area (Å²) in [5.74, 6) is 0. The van der Waals surface area contributed by atoms with Crippen molar-refractivity contribution in [2.24, 2.45) is 0 Å². The van der Waals surface area contributed by atoms with Gasteiger partial charge in [-0.25, -0.2) is 0 Å². The molecule has 0 aromatic heterocycles. The van der Waals surface area contributed by atoms with Crippen molar-refractivity contribution in [2.75, 3.05) is 0 Å². The molecule has 0 N–H and O–H groups in total. The Kier molecular flexibility index (Phi) is 5.89. The third-order valence-corrected chi connectivity index (χ3v) is 11.6. The molecule has 2 atom stereocenters. The fourth-order valence-electron chi connectivity index (χ4n) is 1.71. The third-order valence-electron chi connectivity index (χ3n) is 2.47. The van der Waals surface area contributed by atoms with Gasteiger partial charge in [0, 0.05) is 0 Å². The summed E-state index contributed by atoms with van der Waals surface area (Å²) in [7, 11) is 18.2.